The van der Waals surface area contributed by atoms with Gasteiger partial charge in [-0.15, -0.1) is 0 Å². The third-order valence-corrected chi connectivity index (χ3v) is 3.98. The number of nitrogens with zero attached hydrogens (tertiary/aromatic N) is 2. The van der Waals surface area contributed by atoms with Gasteiger partial charge in [0.25, 0.3) is 0 Å². The molecule has 0 unspecified atom stereocenters. The van der Waals surface area contributed by atoms with Crippen LogP contribution in [-0.4, -0.2) is 16.8 Å². The molecule has 7 nitrogen and oxygen atoms in total. The van der Waals surface area contributed by atoms with Gasteiger partial charge in [0.05, 0.1) is 10.7 Å². The molecule has 126 valence electrons. The predicted octanol–water partition coefficient (Wildman–Crippen LogP) is 3.93. The minimum absolute atomic E-state index is 0.223. The zero-order chi connectivity index (χ0) is 17.2. The monoisotopic (exact) mass is 355 g/mol. The van der Waals surface area contributed by atoms with E-state index in [2.05, 4.69) is 20.6 Å². The van der Waals surface area contributed by atoms with E-state index in [1.165, 1.54) is 6.33 Å². The van der Waals surface area contributed by atoms with Gasteiger partial charge >= 0.3 is 0 Å². The summed E-state index contributed by atoms with van der Waals surface area (Å²) in [6.45, 7) is 0.223. The second-order valence-corrected chi connectivity index (χ2v) is 5.69. The summed E-state index contributed by atoms with van der Waals surface area (Å²) in [7, 11) is 0. The molecular weight excluding hydrogens is 342 g/mol. The number of rotatable bonds is 4. The molecule has 0 radical (unpaired) electrons. The number of halogens is 1. The molecule has 0 fully saturated rings. The van der Waals surface area contributed by atoms with Crippen molar-refractivity contribution in [1.82, 2.24) is 9.97 Å². The number of anilines is 5. The minimum atomic E-state index is 0.223. The number of aromatic nitrogens is 2. The second-order valence-electron chi connectivity index (χ2n) is 5.28. The lowest BCUT2D eigenvalue weighted by molar-refractivity contribution is 0.174. The molecule has 0 aliphatic carbocycles. The fraction of sp³-hybridized carbons (Fsp3) is 0.0588. The van der Waals surface area contributed by atoms with E-state index in [9.17, 15) is 0 Å². The highest BCUT2D eigenvalue weighted by Crippen LogP contribution is 2.36. The van der Waals surface area contributed by atoms with Gasteiger partial charge in [-0.1, -0.05) is 23.7 Å². The van der Waals surface area contributed by atoms with Crippen LogP contribution in [0, 0.1) is 0 Å². The quantitative estimate of drug-likeness (QED) is 0.652. The van der Waals surface area contributed by atoms with Crippen LogP contribution in [0.25, 0.3) is 0 Å². The lowest BCUT2D eigenvalue weighted by Crippen LogP contribution is -2.05. The Morgan fingerprint density at radius 3 is 2.56 bits per heavy atom. The SMILES string of the molecule is Nc1c(Nc2ccc3c(c2)OCO3)ncnc1Nc1ccccc1Cl. The highest BCUT2D eigenvalue weighted by molar-refractivity contribution is 6.33. The molecule has 0 bridgehead atoms. The maximum Gasteiger partial charge on any atom is 0.231 e. The molecule has 2 heterocycles. The summed E-state index contributed by atoms with van der Waals surface area (Å²) in [5.41, 5.74) is 8.06. The van der Waals surface area contributed by atoms with E-state index in [0.717, 1.165) is 5.69 Å². The summed E-state index contributed by atoms with van der Waals surface area (Å²) >= 11 is 6.16. The first kappa shape index (κ1) is 15.3. The summed E-state index contributed by atoms with van der Waals surface area (Å²) in [6.07, 6.45) is 1.42. The average Bonchev–Trinajstić information content (AvgIpc) is 3.08. The molecule has 4 N–H and O–H groups in total. The van der Waals surface area contributed by atoms with E-state index in [0.29, 0.717) is 39.5 Å². The summed E-state index contributed by atoms with van der Waals surface area (Å²) in [4.78, 5) is 8.38. The number of para-hydroxylation sites is 1. The topological polar surface area (TPSA) is 94.3 Å². The largest absolute Gasteiger partial charge is 0.454 e. The van der Waals surface area contributed by atoms with Crippen LogP contribution in [0.5, 0.6) is 11.5 Å². The molecule has 3 aromatic rings. The fourth-order valence-corrected chi connectivity index (χ4v) is 2.58. The standard InChI is InChI=1S/C17H14ClN5O2/c18-11-3-1-2-4-12(11)23-17-15(19)16(20-8-21-17)22-10-5-6-13-14(7-10)25-9-24-13/h1-8H,9,19H2,(H2,20,21,22,23). The number of nitrogens with two attached hydrogens (primary N) is 1. The Bertz CT molecular complexity index is 935. The van der Waals surface area contributed by atoms with Crippen LogP contribution >= 0.6 is 11.6 Å². The number of fused-ring (bicyclic) bond motifs is 1. The van der Waals surface area contributed by atoms with Crippen molar-refractivity contribution in [2.75, 3.05) is 23.2 Å². The first-order valence-corrected chi connectivity index (χ1v) is 7.87. The van der Waals surface area contributed by atoms with Gasteiger partial charge in [0, 0.05) is 11.8 Å². The number of benzene rings is 2. The van der Waals surface area contributed by atoms with Gasteiger partial charge in [-0.05, 0) is 24.3 Å². The van der Waals surface area contributed by atoms with Gasteiger partial charge in [0.1, 0.15) is 12.0 Å². The van der Waals surface area contributed by atoms with Crippen LogP contribution in [0.4, 0.5) is 28.7 Å². The summed E-state index contributed by atoms with van der Waals surface area (Å²) in [6, 6.07) is 12.9. The van der Waals surface area contributed by atoms with Gasteiger partial charge < -0.3 is 25.8 Å². The summed E-state index contributed by atoms with van der Waals surface area (Å²) in [5.74, 6) is 2.32. The zero-order valence-corrected chi connectivity index (χ0v) is 13.7. The van der Waals surface area contributed by atoms with Crippen molar-refractivity contribution < 1.29 is 9.47 Å². The highest BCUT2D eigenvalue weighted by Gasteiger charge is 2.15. The van der Waals surface area contributed by atoms with Crippen molar-refractivity contribution in [2.24, 2.45) is 0 Å². The van der Waals surface area contributed by atoms with E-state index in [4.69, 9.17) is 26.8 Å². The van der Waals surface area contributed by atoms with Crippen LogP contribution < -0.4 is 25.8 Å². The number of nitrogen functional groups attached to an aromatic ring is 1. The Balaban J connectivity index is 1.60. The molecule has 25 heavy (non-hydrogen) atoms. The molecule has 1 aromatic heterocycles. The van der Waals surface area contributed by atoms with Crippen LogP contribution in [0.3, 0.4) is 0 Å². The minimum Gasteiger partial charge on any atom is -0.454 e. The Kier molecular flexibility index (Phi) is 3.91. The first-order chi connectivity index (χ1) is 12.2. The van der Waals surface area contributed by atoms with E-state index in [1.807, 2.05) is 36.4 Å². The molecule has 0 atom stereocenters. The molecule has 4 rings (SSSR count). The fourth-order valence-electron chi connectivity index (χ4n) is 2.40. The first-order valence-electron chi connectivity index (χ1n) is 7.49. The summed E-state index contributed by atoms with van der Waals surface area (Å²) in [5, 5.41) is 6.85. The maximum absolute atomic E-state index is 6.19. The van der Waals surface area contributed by atoms with Crippen molar-refractivity contribution in [3.63, 3.8) is 0 Å². The number of ether oxygens (including phenoxy) is 2. The highest BCUT2D eigenvalue weighted by atomic mass is 35.5. The van der Waals surface area contributed by atoms with Crippen LogP contribution in [-0.2, 0) is 0 Å². The number of nitrogens with one attached hydrogen (secondary N) is 2. The van der Waals surface area contributed by atoms with E-state index >= 15 is 0 Å². The van der Waals surface area contributed by atoms with Crippen LogP contribution in [0.15, 0.2) is 48.8 Å². The zero-order valence-electron chi connectivity index (χ0n) is 13.0. The molecule has 0 spiro atoms. The van der Waals surface area contributed by atoms with Gasteiger partial charge in [0.15, 0.2) is 23.1 Å². The predicted molar refractivity (Wildman–Crippen MR) is 97.0 cm³/mol. The molecule has 0 amide bonds. The van der Waals surface area contributed by atoms with Crippen molar-refractivity contribution in [3.8, 4) is 11.5 Å². The lowest BCUT2D eigenvalue weighted by Gasteiger charge is -2.13. The van der Waals surface area contributed by atoms with E-state index in [-0.39, 0.29) is 6.79 Å². The Labute approximate surface area is 148 Å². The molecule has 2 aromatic carbocycles. The molecule has 0 saturated heterocycles. The molecule has 8 heteroatoms. The van der Waals surface area contributed by atoms with E-state index < -0.39 is 0 Å². The van der Waals surface area contributed by atoms with Crippen LogP contribution in [0.1, 0.15) is 0 Å². The van der Waals surface area contributed by atoms with Gasteiger partial charge in [-0.2, -0.15) is 0 Å². The van der Waals surface area contributed by atoms with Gasteiger partial charge in [0.2, 0.25) is 6.79 Å². The Morgan fingerprint density at radius 1 is 0.960 bits per heavy atom. The molecule has 0 saturated carbocycles. The van der Waals surface area contributed by atoms with Crippen molar-refractivity contribution >= 4 is 40.3 Å². The van der Waals surface area contributed by atoms with Crippen molar-refractivity contribution in [3.05, 3.63) is 53.8 Å². The van der Waals surface area contributed by atoms with Gasteiger partial charge in [-0.3, -0.25) is 0 Å². The van der Waals surface area contributed by atoms with Crippen LogP contribution in [0.2, 0.25) is 5.02 Å². The smallest absolute Gasteiger partial charge is 0.231 e. The molecule has 1 aliphatic rings. The average molecular weight is 356 g/mol. The number of hydrogen-bond acceptors (Lipinski definition) is 7. The van der Waals surface area contributed by atoms with E-state index in [1.54, 1.807) is 6.07 Å². The molecular formula is C17H14ClN5O2. The lowest BCUT2D eigenvalue weighted by atomic mass is 10.2. The second kappa shape index (κ2) is 6.37. The molecule has 1 aliphatic heterocycles. The maximum atomic E-state index is 6.19. The summed E-state index contributed by atoms with van der Waals surface area (Å²) < 4.78 is 10.7. The third kappa shape index (κ3) is 3.09. The number of hydrogen-bond donors (Lipinski definition) is 3. The van der Waals surface area contributed by atoms with Gasteiger partial charge in [-0.25, -0.2) is 9.97 Å². The third-order valence-electron chi connectivity index (χ3n) is 3.65. The van der Waals surface area contributed by atoms with Crippen molar-refractivity contribution in [1.29, 1.82) is 0 Å². The Hall–Kier alpha value is -3.19. The normalized spacial score (nSPS) is 12.0. The Morgan fingerprint density at radius 2 is 1.72 bits per heavy atom. The van der Waals surface area contributed by atoms with Crippen molar-refractivity contribution in [2.45, 2.75) is 0 Å².